The SMILES string of the molecule is Cc1cc(F)cc(-c2nnc(CN)n2C2CC2)c1. The van der Waals surface area contributed by atoms with E-state index >= 15 is 0 Å². The summed E-state index contributed by atoms with van der Waals surface area (Å²) < 4.78 is 15.5. The summed E-state index contributed by atoms with van der Waals surface area (Å²) in [5, 5.41) is 8.26. The van der Waals surface area contributed by atoms with E-state index in [1.807, 2.05) is 17.6 Å². The van der Waals surface area contributed by atoms with Crippen LogP contribution in [0.3, 0.4) is 0 Å². The Labute approximate surface area is 105 Å². The molecular weight excluding hydrogens is 231 g/mol. The summed E-state index contributed by atoms with van der Waals surface area (Å²) >= 11 is 0. The van der Waals surface area contributed by atoms with E-state index in [1.165, 1.54) is 12.1 Å². The lowest BCUT2D eigenvalue weighted by Gasteiger charge is -2.08. The first kappa shape index (κ1) is 11.3. The molecule has 1 heterocycles. The third-order valence-electron chi connectivity index (χ3n) is 3.16. The molecule has 0 aliphatic heterocycles. The molecule has 18 heavy (non-hydrogen) atoms. The van der Waals surface area contributed by atoms with Crippen LogP contribution in [0, 0.1) is 12.7 Å². The Morgan fingerprint density at radius 1 is 1.33 bits per heavy atom. The van der Waals surface area contributed by atoms with E-state index in [1.54, 1.807) is 0 Å². The van der Waals surface area contributed by atoms with E-state index in [0.29, 0.717) is 12.6 Å². The smallest absolute Gasteiger partial charge is 0.164 e. The quantitative estimate of drug-likeness (QED) is 0.903. The van der Waals surface area contributed by atoms with Crippen LogP contribution >= 0.6 is 0 Å². The predicted octanol–water partition coefficient (Wildman–Crippen LogP) is 2.19. The van der Waals surface area contributed by atoms with Crippen molar-refractivity contribution in [1.29, 1.82) is 0 Å². The van der Waals surface area contributed by atoms with E-state index in [4.69, 9.17) is 5.73 Å². The van der Waals surface area contributed by atoms with Crippen LogP contribution < -0.4 is 5.73 Å². The average Bonchev–Trinajstić information content (AvgIpc) is 3.07. The van der Waals surface area contributed by atoms with E-state index < -0.39 is 0 Å². The van der Waals surface area contributed by atoms with Crippen LogP contribution in [-0.2, 0) is 6.54 Å². The van der Waals surface area contributed by atoms with Gasteiger partial charge >= 0.3 is 0 Å². The zero-order valence-corrected chi connectivity index (χ0v) is 10.2. The zero-order valence-electron chi connectivity index (χ0n) is 10.2. The second-order valence-corrected chi connectivity index (χ2v) is 4.76. The Morgan fingerprint density at radius 3 is 2.72 bits per heavy atom. The van der Waals surface area contributed by atoms with Crippen molar-refractivity contribution in [3.63, 3.8) is 0 Å². The summed E-state index contributed by atoms with van der Waals surface area (Å²) in [6, 6.07) is 5.35. The highest BCUT2D eigenvalue weighted by molar-refractivity contribution is 5.57. The van der Waals surface area contributed by atoms with Gasteiger partial charge in [0.2, 0.25) is 0 Å². The molecule has 0 atom stereocenters. The number of hydrogen-bond acceptors (Lipinski definition) is 3. The van der Waals surface area contributed by atoms with Crippen LogP contribution in [0.5, 0.6) is 0 Å². The van der Waals surface area contributed by atoms with Gasteiger partial charge in [-0.25, -0.2) is 4.39 Å². The molecule has 0 unspecified atom stereocenters. The second kappa shape index (κ2) is 4.17. The third kappa shape index (κ3) is 1.90. The Balaban J connectivity index is 2.13. The lowest BCUT2D eigenvalue weighted by molar-refractivity contribution is 0.626. The minimum atomic E-state index is -0.246. The van der Waals surface area contributed by atoms with E-state index in [0.717, 1.165) is 35.6 Å². The molecule has 5 heteroatoms. The number of rotatable bonds is 3. The monoisotopic (exact) mass is 246 g/mol. The number of nitrogens with zero attached hydrogens (tertiary/aromatic N) is 3. The van der Waals surface area contributed by atoms with Crippen LogP contribution in [0.2, 0.25) is 0 Å². The van der Waals surface area contributed by atoms with Crippen molar-refractivity contribution in [1.82, 2.24) is 14.8 Å². The number of nitrogens with two attached hydrogens (primary N) is 1. The largest absolute Gasteiger partial charge is 0.324 e. The van der Waals surface area contributed by atoms with Gasteiger partial charge in [0.15, 0.2) is 5.82 Å². The molecular formula is C13H15FN4. The second-order valence-electron chi connectivity index (χ2n) is 4.76. The lowest BCUT2D eigenvalue weighted by atomic mass is 10.1. The number of hydrogen-bond donors (Lipinski definition) is 1. The minimum Gasteiger partial charge on any atom is -0.324 e. The Kier molecular flexibility index (Phi) is 2.63. The average molecular weight is 246 g/mol. The molecule has 2 N–H and O–H groups in total. The molecule has 1 fully saturated rings. The van der Waals surface area contributed by atoms with E-state index in [-0.39, 0.29) is 5.82 Å². The van der Waals surface area contributed by atoms with Crippen molar-refractivity contribution in [3.8, 4) is 11.4 Å². The zero-order chi connectivity index (χ0) is 12.7. The maximum Gasteiger partial charge on any atom is 0.164 e. The number of benzene rings is 1. The Hall–Kier alpha value is -1.75. The van der Waals surface area contributed by atoms with Gasteiger partial charge in [0, 0.05) is 11.6 Å². The predicted molar refractivity (Wildman–Crippen MR) is 66.3 cm³/mol. The van der Waals surface area contributed by atoms with Crippen molar-refractivity contribution in [3.05, 3.63) is 35.4 Å². The summed E-state index contributed by atoms with van der Waals surface area (Å²) in [6.45, 7) is 2.23. The highest BCUT2D eigenvalue weighted by Crippen LogP contribution is 2.39. The first-order chi connectivity index (χ1) is 8.69. The topological polar surface area (TPSA) is 56.7 Å². The van der Waals surface area contributed by atoms with Crippen LogP contribution in [-0.4, -0.2) is 14.8 Å². The molecule has 3 rings (SSSR count). The van der Waals surface area contributed by atoms with Gasteiger partial charge in [-0.15, -0.1) is 10.2 Å². The highest BCUT2D eigenvalue weighted by atomic mass is 19.1. The van der Waals surface area contributed by atoms with Gasteiger partial charge in [0.05, 0.1) is 6.54 Å². The van der Waals surface area contributed by atoms with Crippen molar-refractivity contribution in [2.75, 3.05) is 0 Å². The molecule has 1 saturated carbocycles. The van der Waals surface area contributed by atoms with Gasteiger partial charge in [-0.1, -0.05) is 0 Å². The Bertz CT molecular complexity index is 566. The van der Waals surface area contributed by atoms with Gasteiger partial charge in [-0.05, 0) is 43.5 Å². The first-order valence-electron chi connectivity index (χ1n) is 6.10. The minimum absolute atomic E-state index is 0.246. The molecule has 0 saturated heterocycles. The molecule has 4 nitrogen and oxygen atoms in total. The van der Waals surface area contributed by atoms with Gasteiger partial charge in [-0.2, -0.15) is 0 Å². The van der Waals surface area contributed by atoms with Crippen LogP contribution in [0.4, 0.5) is 4.39 Å². The van der Waals surface area contributed by atoms with Crippen molar-refractivity contribution in [2.24, 2.45) is 5.73 Å². The Morgan fingerprint density at radius 2 is 2.11 bits per heavy atom. The van der Waals surface area contributed by atoms with Crippen molar-refractivity contribution >= 4 is 0 Å². The van der Waals surface area contributed by atoms with E-state index in [9.17, 15) is 4.39 Å². The number of aryl methyl sites for hydroxylation is 1. The molecule has 1 aliphatic carbocycles. The van der Waals surface area contributed by atoms with Gasteiger partial charge in [0.25, 0.3) is 0 Å². The number of halogens is 1. The van der Waals surface area contributed by atoms with Crippen LogP contribution in [0.1, 0.15) is 30.3 Å². The fraction of sp³-hybridized carbons (Fsp3) is 0.385. The molecule has 1 aromatic heterocycles. The van der Waals surface area contributed by atoms with Crippen molar-refractivity contribution in [2.45, 2.75) is 32.4 Å². The highest BCUT2D eigenvalue weighted by Gasteiger charge is 2.29. The lowest BCUT2D eigenvalue weighted by Crippen LogP contribution is -2.08. The van der Waals surface area contributed by atoms with E-state index in [2.05, 4.69) is 10.2 Å². The van der Waals surface area contributed by atoms with Gasteiger partial charge in [-0.3, -0.25) is 0 Å². The van der Waals surface area contributed by atoms with Crippen molar-refractivity contribution < 1.29 is 4.39 Å². The summed E-state index contributed by atoms with van der Waals surface area (Å²) in [5.41, 5.74) is 7.32. The molecule has 1 aliphatic rings. The summed E-state index contributed by atoms with van der Waals surface area (Å²) in [4.78, 5) is 0. The normalized spacial score (nSPS) is 15.1. The van der Waals surface area contributed by atoms with Gasteiger partial charge < -0.3 is 10.3 Å². The molecule has 0 radical (unpaired) electrons. The fourth-order valence-electron chi connectivity index (χ4n) is 2.24. The maximum absolute atomic E-state index is 13.5. The molecule has 1 aromatic carbocycles. The maximum atomic E-state index is 13.5. The fourth-order valence-corrected chi connectivity index (χ4v) is 2.24. The van der Waals surface area contributed by atoms with Crippen LogP contribution in [0.15, 0.2) is 18.2 Å². The molecule has 0 spiro atoms. The molecule has 0 bridgehead atoms. The van der Waals surface area contributed by atoms with Gasteiger partial charge in [0.1, 0.15) is 11.6 Å². The first-order valence-corrected chi connectivity index (χ1v) is 6.10. The summed E-state index contributed by atoms with van der Waals surface area (Å²) in [5.74, 6) is 1.25. The summed E-state index contributed by atoms with van der Waals surface area (Å²) in [6.07, 6.45) is 2.23. The molecule has 94 valence electrons. The van der Waals surface area contributed by atoms with Crippen LogP contribution in [0.25, 0.3) is 11.4 Å². The molecule has 2 aromatic rings. The third-order valence-corrected chi connectivity index (χ3v) is 3.16. The number of aromatic nitrogens is 3. The molecule has 0 amide bonds. The summed E-state index contributed by atoms with van der Waals surface area (Å²) in [7, 11) is 0. The standard InChI is InChI=1S/C13H15FN4/c1-8-4-9(6-10(14)5-8)13-17-16-12(7-15)18(13)11-2-3-11/h4-6,11H,2-3,7,15H2,1H3.